The summed E-state index contributed by atoms with van der Waals surface area (Å²) in [6.07, 6.45) is 5.38. The third-order valence-electron chi connectivity index (χ3n) is 17.7. The maximum atomic E-state index is 6.32. The Morgan fingerprint density at radius 3 is 0.546 bits per heavy atom. The minimum atomic E-state index is -0.613. The molecule has 32 heteroatoms. The lowest BCUT2D eigenvalue weighted by molar-refractivity contribution is -0.142. The Morgan fingerprint density at radius 1 is 0.185 bits per heavy atom. The molecule has 0 fully saturated rings. The predicted octanol–water partition coefficient (Wildman–Crippen LogP) is 6.36. The standard InChI is InChI=1S/C33H72N4O8.C30H66N4O7.C24H53N3O6/c1-9-29(42-13-25(5)34)17-38-21-33(22-39-18-30(10-2)43-14-26(6)35,23-40-19-31(11-3)44-15-27(7)36)24-41-20-32(12-4)45-16-28(8)37;1-22(31)12-38-26(5)10-9-11-30(19-35-16-27(6)39-13-23(2)32,20-36-17-28(7)40-14-24(3)33)21-37-18-29(8)41-15-25(4)34;1-18(2)8-32-22(6)12-30-16-24(14-28-9-19(3)25,15-29-10-20(4)26)17-31-13-23(7)33-11-21(5)27/h25-32H,9-24,34-37H2,1-8H3;22-29H,9-21,31-34H2,1-8H3;18-23H,8-17,25-27H2,1-7H3. The molecular formula is C87H191N11O21. The highest BCUT2D eigenvalue weighted by molar-refractivity contribution is 4.84. The summed E-state index contributed by atoms with van der Waals surface area (Å²) in [6, 6.07) is -0.390. The van der Waals surface area contributed by atoms with Crippen molar-refractivity contribution in [1.29, 1.82) is 0 Å². The van der Waals surface area contributed by atoms with Gasteiger partial charge in [0.2, 0.25) is 0 Å². The van der Waals surface area contributed by atoms with E-state index in [0.717, 1.165) is 44.9 Å². The molecule has 0 aliphatic heterocycles. The van der Waals surface area contributed by atoms with Crippen LogP contribution in [0.15, 0.2) is 0 Å². The molecule has 21 unspecified atom stereocenters. The largest absolute Gasteiger partial charge is 0.379 e. The summed E-state index contributed by atoms with van der Waals surface area (Å²) >= 11 is 0. The van der Waals surface area contributed by atoms with Crippen LogP contribution in [0.25, 0.3) is 0 Å². The van der Waals surface area contributed by atoms with Crippen LogP contribution in [0.2, 0.25) is 0 Å². The summed E-state index contributed by atoms with van der Waals surface area (Å²) in [7, 11) is 0. The van der Waals surface area contributed by atoms with Gasteiger partial charge in [-0.15, -0.1) is 0 Å². The molecule has 0 aromatic carbocycles. The van der Waals surface area contributed by atoms with Gasteiger partial charge in [0.1, 0.15) is 0 Å². The van der Waals surface area contributed by atoms with Crippen molar-refractivity contribution in [1.82, 2.24) is 0 Å². The fraction of sp³-hybridized carbons (Fsp3) is 1.00. The smallest absolute Gasteiger partial charge is 0.0806 e. The maximum Gasteiger partial charge on any atom is 0.0806 e. The van der Waals surface area contributed by atoms with Crippen LogP contribution in [0.4, 0.5) is 0 Å². The number of nitrogens with two attached hydrogens (primary N) is 11. The Morgan fingerprint density at radius 2 is 0.353 bits per heavy atom. The first-order valence-corrected chi connectivity index (χ1v) is 44.9. The van der Waals surface area contributed by atoms with Gasteiger partial charge in [-0.1, -0.05) is 48.0 Å². The number of ether oxygens (including phenoxy) is 21. The molecule has 0 radical (unpaired) electrons. The van der Waals surface area contributed by atoms with Crippen molar-refractivity contribution in [2.45, 2.75) is 332 Å². The first-order valence-electron chi connectivity index (χ1n) is 44.9. The molecule has 32 nitrogen and oxygen atoms in total. The van der Waals surface area contributed by atoms with E-state index in [4.69, 9.17) is 163 Å². The summed E-state index contributed by atoms with van der Waals surface area (Å²) in [5.74, 6) is 0.477. The van der Waals surface area contributed by atoms with Gasteiger partial charge in [-0.05, 0) is 162 Å². The van der Waals surface area contributed by atoms with Gasteiger partial charge in [-0.25, -0.2) is 0 Å². The van der Waals surface area contributed by atoms with Crippen LogP contribution in [0.3, 0.4) is 0 Å². The van der Waals surface area contributed by atoms with Crippen molar-refractivity contribution in [3.8, 4) is 0 Å². The SMILES string of the molecule is CC(C)COC(C)COCC(COCC(C)N)(COCC(C)N)COCC(C)OCC(C)N.CC(N)COC(C)CCCC(COCC(C)OCC(C)N)(COCC(C)OCC(C)N)COCC(C)OCC(C)N.CCC(COCC(COCC(CC)OCC(C)N)(COCC(CC)OCC(C)N)COCC(CC)OCC(C)N)OCC(C)N. The zero-order valence-corrected chi connectivity index (χ0v) is 79.7. The molecule has 0 aromatic heterocycles. The molecule has 21 atom stereocenters. The van der Waals surface area contributed by atoms with E-state index in [1.807, 2.05) is 111 Å². The van der Waals surface area contributed by atoms with E-state index in [2.05, 4.69) is 48.5 Å². The Labute approximate surface area is 724 Å². The van der Waals surface area contributed by atoms with Gasteiger partial charge in [0.25, 0.3) is 0 Å². The minimum Gasteiger partial charge on any atom is -0.379 e. The van der Waals surface area contributed by atoms with Crippen LogP contribution in [-0.4, -0.2) is 339 Å². The van der Waals surface area contributed by atoms with Crippen LogP contribution < -0.4 is 63.1 Å². The second-order valence-electron chi connectivity index (χ2n) is 35.5. The zero-order valence-electron chi connectivity index (χ0n) is 79.7. The monoisotopic (exact) mass is 1730 g/mol. The van der Waals surface area contributed by atoms with Crippen molar-refractivity contribution in [2.24, 2.45) is 85.2 Å². The molecule has 0 rings (SSSR count). The molecule has 0 spiro atoms. The molecule has 0 bridgehead atoms. The van der Waals surface area contributed by atoms with E-state index in [-0.39, 0.29) is 133 Å². The lowest BCUT2D eigenvalue weighted by Crippen LogP contribution is -2.44. The summed E-state index contributed by atoms with van der Waals surface area (Å²) in [5.41, 5.74) is 63.0. The average Bonchev–Trinajstić information content (AvgIpc) is 0.868. The molecule has 0 aliphatic rings. The lowest BCUT2D eigenvalue weighted by atomic mass is 9.84. The van der Waals surface area contributed by atoms with Crippen molar-refractivity contribution in [3.63, 3.8) is 0 Å². The molecule has 0 saturated heterocycles. The first kappa shape index (κ1) is 122. The van der Waals surface area contributed by atoms with Crippen molar-refractivity contribution < 1.29 is 99.5 Å². The molecule has 22 N–H and O–H groups in total. The van der Waals surface area contributed by atoms with Gasteiger partial charge in [-0.3, -0.25) is 0 Å². The number of rotatable bonds is 82. The van der Waals surface area contributed by atoms with Crippen molar-refractivity contribution in [2.75, 3.05) is 211 Å². The third-order valence-corrected chi connectivity index (χ3v) is 17.7. The minimum absolute atomic E-state index is 0.00680. The Kier molecular flexibility index (Phi) is 78.6. The quantitative estimate of drug-likeness (QED) is 0.0315. The zero-order chi connectivity index (χ0) is 90.6. The molecule has 0 amide bonds. The van der Waals surface area contributed by atoms with E-state index < -0.39 is 10.8 Å². The van der Waals surface area contributed by atoms with Crippen molar-refractivity contribution >= 4 is 0 Å². The van der Waals surface area contributed by atoms with Gasteiger partial charge in [0, 0.05) is 78.5 Å². The number of hydrogen-bond acceptors (Lipinski definition) is 32. The molecule has 119 heavy (non-hydrogen) atoms. The molecule has 0 heterocycles. The fourth-order valence-electron chi connectivity index (χ4n) is 10.9. The highest BCUT2D eigenvalue weighted by Gasteiger charge is 2.37. The second-order valence-corrected chi connectivity index (χ2v) is 35.5. The molecule has 720 valence electrons. The van der Waals surface area contributed by atoms with Gasteiger partial charge in [0.15, 0.2) is 0 Å². The first-order chi connectivity index (χ1) is 56.1. The molecule has 0 aromatic rings. The van der Waals surface area contributed by atoms with Crippen LogP contribution in [0.1, 0.15) is 204 Å². The maximum absolute atomic E-state index is 6.32. The molecular weight excluding hydrogens is 1540 g/mol. The summed E-state index contributed by atoms with van der Waals surface area (Å²) in [6.45, 7) is 59.9. The fourth-order valence-corrected chi connectivity index (χ4v) is 10.9. The summed E-state index contributed by atoms with van der Waals surface area (Å²) < 4.78 is 127. The highest BCUT2D eigenvalue weighted by Crippen LogP contribution is 2.30. The van der Waals surface area contributed by atoms with Gasteiger partial charge in [0.05, 0.1) is 277 Å². The topological polar surface area (TPSA) is 480 Å². The highest BCUT2D eigenvalue weighted by atomic mass is 16.6. The second kappa shape index (κ2) is 76.7. The normalized spacial score (nSPS) is 19.1. The Bertz CT molecular complexity index is 1910. The predicted molar refractivity (Wildman–Crippen MR) is 478 cm³/mol. The van der Waals surface area contributed by atoms with Crippen molar-refractivity contribution in [3.05, 3.63) is 0 Å². The van der Waals surface area contributed by atoms with Gasteiger partial charge >= 0.3 is 0 Å². The van der Waals surface area contributed by atoms with E-state index in [1.54, 1.807) is 0 Å². The van der Waals surface area contributed by atoms with E-state index in [9.17, 15) is 0 Å². The number of hydrogen-bond donors (Lipinski definition) is 11. The molecule has 0 aliphatic carbocycles. The summed E-state index contributed by atoms with van der Waals surface area (Å²) in [5, 5.41) is 0. The third kappa shape index (κ3) is 77.6. The van der Waals surface area contributed by atoms with Crippen LogP contribution in [0, 0.1) is 22.2 Å². The van der Waals surface area contributed by atoms with Gasteiger partial charge in [-0.2, -0.15) is 0 Å². The Balaban J connectivity index is -0.00000172. The van der Waals surface area contributed by atoms with Crippen LogP contribution in [0.5, 0.6) is 0 Å². The summed E-state index contributed by atoms with van der Waals surface area (Å²) in [4.78, 5) is 0. The van der Waals surface area contributed by atoms with Crippen LogP contribution >= 0.6 is 0 Å². The van der Waals surface area contributed by atoms with Crippen LogP contribution in [-0.2, 0) is 99.5 Å². The van der Waals surface area contributed by atoms with E-state index in [1.165, 1.54) is 0 Å². The molecule has 0 saturated carbocycles. The van der Waals surface area contributed by atoms with E-state index in [0.29, 0.717) is 217 Å². The average molecular weight is 1730 g/mol. The Hall–Kier alpha value is -1.28. The van der Waals surface area contributed by atoms with Gasteiger partial charge < -0.3 is 163 Å². The lowest BCUT2D eigenvalue weighted by Gasteiger charge is -2.35. The van der Waals surface area contributed by atoms with E-state index >= 15 is 0 Å².